The number of halogens is 2. The number of rotatable bonds is 6. The van der Waals surface area contributed by atoms with Gasteiger partial charge in [0.15, 0.2) is 0 Å². The van der Waals surface area contributed by atoms with E-state index in [9.17, 15) is 9.18 Å². The van der Waals surface area contributed by atoms with Crippen LogP contribution < -0.4 is 10.6 Å². The van der Waals surface area contributed by atoms with Crippen LogP contribution in [0.3, 0.4) is 0 Å². The van der Waals surface area contributed by atoms with E-state index in [1.165, 1.54) is 46.4 Å². The zero-order chi connectivity index (χ0) is 26.2. The second-order valence-corrected chi connectivity index (χ2v) is 11.0. The van der Waals surface area contributed by atoms with Crippen molar-refractivity contribution in [3.63, 3.8) is 0 Å². The van der Waals surface area contributed by atoms with E-state index in [2.05, 4.69) is 67.4 Å². The van der Waals surface area contributed by atoms with Crippen LogP contribution in [0.2, 0.25) is 5.02 Å². The normalized spacial score (nSPS) is 14.8. The number of aromatic nitrogens is 3. The zero-order valence-electron chi connectivity index (χ0n) is 20.7. The summed E-state index contributed by atoms with van der Waals surface area (Å²) < 4.78 is 15.8. The van der Waals surface area contributed by atoms with Gasteiger partial charge in [-0.25, -0.2) is 14.4 Å². The van der Waals surface area contributed by atoms with Gasteiger partial charge in [0.1, 0.15) is 22.8 Å². The molecule has 38 heavy (non-hydrogen) atoms. The first-order chi connectivity index (χ1) is 18.4. The van der Waals surface area contributed by atoms with Crippen LogP contribution in [-0.4, -0.2) is 44.5 Å². The van der Waals surface area contributed by atoms with Gasteiger partial charge in [0.25, 0.3) is 5.91 Å². The summed E-state index contributed by atoms with van der Waals surface area (Å²) in [5, 5.41) is 8.37. The van der Waals surface area contributed by atoms with E-state index in [1.807, 2.05) is 0 Å². The predicted molar refractivity (Wildman–Crippen MR) is 151 cm³/mol. The molecule has 5 aromatic rings. The second-order valence-electron chi connectivity index (χ2n) is 9.58. The third-order valence-corrected chi connectivity index (χ3v) is 8.43. The third kappa shape index (κ3) is 4.97. The van der Waals surface area contributed by atoms with Crippen molar-refractivity contribution in [3.8, 4) is 0 Å². The van der Waals surface area contributed by atoms with Crippen molar-refractivity contribution in [2.75, 3.05) is 18.4 Å². The van der Waals surface area contributed by atoms with E-state index in [0.29, 0.717) is 21.2 Å². The molecule has 2 aromatic carbocycles. The molecule has 4 heterocycles. The lowest BCUT2D eigenvalue weighted by Gasteiger charge is -2.32. The molecule has 2 N–H and O–H groups in total. The van der Waals surface area contributed by atoms with Gasteiger partial charge in [-0.1, -0.05) is 29.8 Å². The number of para-hydroxylation sites is 1. The van der Waals surface area contributed by atoms with Crippen LogP contribution >= 0.6 is 22.9 Å². The van der Waals surface area contributed by atoms with E-state index in [4.69, 9.17) is 11.6 Å². The molecule has 1 aliphatic rings. The standard InChI is InChI=1S/C28H26ClFN6OS/c1-35-20(12-17-4-2-3-5-24(17)35)15-36-10-8-18(9-11-36)34-27(37)25-14-21-26(31-16-32-28(21)38-25)33-19-6-7-23(30)22(29)13-19/h2-7,12-14,16,18H,8-11,15H2,1H3,(H,34,37)(H,31,32,33). The Morgan fingerprint density at radius 2 is 1.95 bits per heavy atom. The quantitative estimate of drug-likeness (QED) is 0.268. The molecule has 6 rings (SSSR count). The molecule has 1 fully saturated rings. The minimum Gasteiger partial charge on any atom is -0.349 e. The topological polar surface area (TPSA) is 75.1 Å². The van der Waals surface area contributed by atoms with Gasteiger partial charge in [-0.3, -0.25) is 9.69 Å². The van der Waals surface area contributed by atoms with E-state index < -0.39 is 5.82 Å². The molecule has 0 atom stereocenters. The van der Waals surface area contributed by atoms with E-state index in [-0.39, 0.29) is 17.0 Å². The molecule has 10 heteroatoms. The number of thiophene rings is 1. The number of fused-ring (bicyclic) bond motifs is 2. The largest absolute Gasteiger partial charge is 0.349 e. The Kier molecular flexibility index (Phi) is 6.73. The van der Waals surface area contributed by atoms with Crippen LogP contribution in [0, 0.1) is 5.82 Å². The summed E-state index contributed by atoms with van der Waals surface area (Å²) in [5.74, 6) is -0.0514. The van der Waals surface area contributed by atoms with Gasteiger partial charge in [0, 0.05) is 49.6 Å². The van der Waals surface area contributed by atoms with Gasteiger partial charge in [-0.2, -0.15) is 0 Å². The molecular weight excluding hydrogens is 523 g/mol. The average molecular weight is 549 g/mol. The monoisotopic (exact) mass is 548 g/mol. The summed E-state index contributed by atoms with van der Waals surface area (Å²) in [6.45, 7) is 2.76. The second kappa shape index (κ2) is 10.3. The minimum absolute atomic E-state index is 0.0221. The predicted octanol–water partition coefficient (Wildman–Crippen LogP) is 6.11. The number of hydrogen-bond acceptors (Lipinski definition) is 6. The van der Waals surface area contributed by atoms with E-state index in [0.717, 1.165) is 37.9 Å². The maximum absolute atomic E-state index is 13.5. The summed E-state index contributed by atoms with van der Waals surface area (Å²) in [7, 11) is 2.12. The average Bonchev–Trinajstić information content (AvgIpc) is 3.50. The van der Waals surface area contributed by atoms with Gasteiger partial charge in [-0.15, -0.1) is 11.3 Å². The maximum atomic E-state index is 13.5. The Bertz CT molecular complexity index is 1640. The smallest absolute Gasteiger partial charge is 0.261 e. The SMILES string of the molecule is Cn1c(CN2CCC(NC(=O)c3cc4c(Nc5ccc(F)c(Cl)c5)ncnc4s3)CC2)cc2ccccc21. The van der Waals surface area contributed by atoms with Gasteiger partial charge in [0.2, 0.25) is 0 Å². The highest BCUT2D eigenvalue weighted by Gasteiger charge is 2.23. The number of piperidine rings is 1. The molecule has 7 nitrogen and oxygen atoms in total. The fraction of sp³-hybridized carbons (Fsp3) is 0.250. The molecule has 0 bridgehead atoms. The molecule has 0 aliphatic carbocycles. The number of benzene rings is 2. The first-order valence-corrected chi connectivity index (χ1v) is 13.7. The number of amides is 1. The molecule has 0 saturated carbocycles. The van der Waals surface area contributed by atoms with Crippen LogP contribution in [0.5, 0.6) is 0 Å². The van der Waals surface area contributed by atoms with Crippen LogP contribution in [0.15, 0.2) is 60.9 Å². The molecular formula is C28H26ClFN6OS. The van der Waals surface area contributed by atoms with Crippen molar-refractivity contribution in [1.82, 2.24) is 24.8 Å². The molecule has 3 aromatic heterocycles. The van der Waals surface area contributed by atoms with Gasteiger partial charge >= 0.3 is 0 Å². The highest BCUT2D eigenvalue weighted by molar-refractivity contribution is 7.20. The number of nitrogens with one attached hydrogen (secondary N) is 2. The molecule has 0 spiro atoms. The lowest BCUT2D eigenvalue weighted by Crippen LogP contribution is -2.44. The number of hydrogen-bond donors (Lipinski definition) is 2. The Balaban J connectivity index is 1.09. The lowest BCUT2D eigenvalue weighted by atomic mass is 10.0. The van der Waals surface area contributed by atoms with Crippen LogP contribution in [-0.2, 0) is 13.6 Å². The van der Waals surface area contributed by atoms with Crippen molar-refractivity contribution in [2.45, 2.75) is 25.4 Å². The van der Waals surface area contributed by atoms with Crippen LogP contribution in [0.1, 0.15) is 28.2 Å². The van der Waals surface area contributed by atoms with E-state index in [1.54, 1.807) is 12.1 Å². The first-order valence-electron chi connectivity index (χ1n) is 12.5. The van der Waals surface area contributed by atoms with Crippen molar-refractivity contribution >= 4 is 61.5 Å². The summed E-state index contributed by atoms with van der Waals surface area (Å²) in [4.78, 5) is 25.5. The van der Waals surface area contributed by atoms with Gasteiger partial charge in [-0.05, 0) is 54.6 Å². The van der Waals surface area contributed by atoms with Gasteiger partial charge in [0.05, 0.1) is 15.3 Å². The summed E-state index contributed by atoms with van der Waals surface area (Å²) in [5.41, 5.74) is 3.15. The van der Waals surface area contributed by atoms with Gasteiger partial charge < -0.3 is 15.2 Å². The Hall–Kier alpha value is -3.53. The molecule has 0 radical (unpaired) electrons. The fourth-order valence-corrected chi connectivity index (χ4v) is 6.08. The number of anilines is 2. The first kappa shape index (κ1) is 24.8. The molecule has 0 unspecified atom stereocenters. The van der Waals surface area contributed by atoms with Crippen molar-refractivity contribution in [2.24, 2.45) is 7.05 Å². The van der Waals surface area contributed by atoms with E-state index >= 15 is 0 Å². The Morgan fingerprint density at radius 3 is 2.74 bits per heavy atom. The molecule has 1 aliphatic heterocycles. The Morgan fingerprint density at radius 1 is 1.13 bits per heavy atom. The fourth-order valence-electron chi connectivity index (χ4n) is 5.00. The number of carbonyl (C=O) groups excluding carboxylic acids is 1. The van der Waals surface area contributed by atoms with Crippen LogP contribution in [0.25, 0.3) is 21.1 Å². The van der Waals surface area contributed by atoms with Crippen molar-refractivity contribution in [3.05, 3.63) is 82.3 Å². The number of carbonyl (C=O) groups is 1. The molecule has 1 amide bonds. The Labute approximate surface area is 228 Å². The zero-order valence-corrected chi connectivity index (χ0v) is 22.3. The summed E-state index contributed by atoms with van der Waals surface area (Å²) in [6, 6.07) is 17.0. The molecule has 1 saturated heterocycles. The van der Waals surface area contributed by atoms with Crippen molar-refractivity contribution < 1.29 is 9.18 Å². The lowest BCUT2D eigenvalue weighted by molar-refractivity contribution is 0.0912. The van der Waals surface area contributed by atoms with Crippen LogP contribution in [0.4, 0.5) is 15.9 Å². The third-order valence-electron chi connectivity index (χ3n) is 7.09. The number of likely N-dealkylation sites (tertiary alicyclic amines) is 1. The maximum Gasteiger partial charge on any atom is 0.261 e. The summed E-state index contributed by atoms with van der Waals surface area (Å²) in [6.07, 6.45) is 3.25. The molecule has 194 valence electrons. The number of nitrogens with zero attached hydrogens (tertiary/aromatic N) is 4. The summed E-state index contributed by atoms with van der Waals surface area (Å²) >= 11 is 7.23. The van der Waals surface area contributed by atoms with Crippen molar-refractivity contribution in [1.29, 1.82) is 0 Å². The minimum atomic E-state index is -0.487. The highest BCUT2D eigenvalue weighted by Crippen LogP contribution is 2.31. The number of aryl methyl sites for hydroxylation is 1. The highest BCUT2D eigenvalue weighted by atomic mass is 35.5.